The Hall–Kier alpha value is -0.120. The van der Waals surface area contributed by atoms with Gasteiger partial charge in [0, 0.05) is 31.7 Å². The van der Waals surface area contributed by atoms with Gasteiger partial charge < -0.3 is 10.5 Å². The van der Waals surface area contributed by atoms with Gasteiger partial charge in [-0.25, -0.2) is 0 Å². The average molecular weight is 250 g/mol. The van der Waals surface area contributed by atoms with Crippen molar-refractivity contribution >= 4 is 0 Å². The molecule has 4 atom stereocenters. The van der Waals surface area contributed by atoms with Crippen LogP contribution in [0.2, 0.25) is 0 Å². The number of nitrogens with two attached hydrogens (primary N) is 1. The summed E-state index contributed by atoms with van der Waals surface area (Å²) in [7, 11) is 0. The molecule has 4 fully saturated rings. The number of nitrogens with zero attached hydrogens (tertiary/aromatic N) is 1. The van der Waals surface area contributed by atoms with E-state index in [-0.39, 0.29) is 0 Å². The summed E-state index contributed by atoms with van der Waals surface area (Å²) < 4.78 is 5.87. The summed E-state index contributed by atoms with van der Waals surface area (Å²) in [4.78, 5) is 2.64. The largest absolute Gasteiger partial charge is 0.376 e. The fourth-order valence-corrected chi connectivity index (χ4v) is 4.99. The molecule has 102 valence electrons. The minimum atomic E-state index is 0.389. The molecule has 2 aliphatic heterocycles. The minimum absolute atomic E-state index is 0.389. The Morgan fingerprint density at radius 1 is 1.06 bits per heavy atom. The average Bonchev–Trinajstić information content (AvgIpc) is 2.58. The van der Waals surface area contributed by atoms with Crippen LogP contribution in [0.25, 0.3) is 0 Å². The van der Waals surface area contributed by atoms with Crippen LogP contribution in [-0.4, -0.2) is 42.8 Å². The third kappa shape index (κ3) is 1.60. The van der Waals surface area contributed by atoms with Crippen molar-refractivity contribution in [3.8, 4) is 0 Å². The maximum atomic E-state index is 6.35. The second kappa shape index (κ2) is 4.19. The van der Waals surface area contributed by atoms with E-state index in [1.807, 2.05) is 0 Å². The summed E-state index contributed by atoms with van der Waals surface area (Å²) in [6.07, 6.45) is 10.4. The lowest BCUT2D eigenvalue weighted by molar-refractivity contribution is -0.140. The lowest BCUT2D eigenvalue weighted by Crippen LogP contribution is -2.74. The van der Waals surface area contributed by atoms with E-state index in [0.29, 0.717) is 29.5 Å². The number of rotatable bonds is 1. The van der Waals surface area contributed by atoms with Gasteiger partial charge in [0.15, 0.2) is 0 Å². The Morgan fingerprint density at radius 3 is 2.50 bits per heavy atom. The van der Waals surface area contributed by atoms with Gasteiger partial charge >= 0.3 is 0 Å². The molecule has 2 saturated heterocycles. The third-order valence-electron chi connectivity index (χ3n) is 6.07. The van der Waals surface area contributed by atoms with Gasteiger partial charge in [0.25, 0.3) is 0 Å². The molecule has 2 heterocycles. The van der Waals surface area contributed by atoms with E-state index in [0.717, 1.165) is 6.61 Å². The van der Waals surface area contributed by atoms with E-state index in [1.54, 1.807) is 0 Å². The maximum Gasteiger partial charge on any atom is 0.0789 e. The van der Waals surface area contributed by atoms with Crippen LogP contribution in [-0.2, 0) is 4.74 Å². The van der Waals surface area contributed by atoms with Crippen molar-refractivity contribution in [1.82, 2.24) is 4.90 Å². The summed E-state index contributed by atoms with van der Waals surface area (Å²) in [5.74, 6) is 0.667. The first-order valence-corrected chi connectivity index (χ1v) is 7.90. The van der Waals surface area contributed by atoms with E-state index < -0.39 is 0 Å². The van der Waals surface area contributed by atoms with Gasteiger partial charge in [-0.3, -0.25) is 4.90 Å². The first-order chi connectivity index (χ1) is 8.79. The van der Waals surface area contributed by atoms with Crippen molar-refractivity contribution in [3.05, 3.63) is 0 Å². The molecule has 18 heavy (non-hydrogen) atoms. The molecule has 1 spiro atoms. The SMILES string of the molecule is NC1C2CCOC2C1N1CC2(CCCCCC2)C1. The van der Waals surface area contributed by atoms with Crippen molar-refractivity contribution in [2.75, 3.05) is 19.7 Å². The Labute approximate surface area is 110 Å². The Morgan fingerprint density at radius 2 is 1.78 bits per heavy atom. The van der Waals surface area contributed by atoms with Crippen molar-refractivity contribution in [2.24, 2.45) is 17.1 Å². The van der Waals surface area contributed by atoms with Crippen molar-refractivity contribution < 1.29 is 4.74 Å². The standard InChI is InChI=1S/C15H26N2O/c16-12-11-5-8-18-14(11)13(12)17-9-15(10-17)6-3-1-2-4-7-15/h11-14H,1-10,16H2. The van der Waals surface area contributed by atoms with Crippen molar-refractivity contribution in [2.45, 2.75) is 63.1 Å². The summed E-state index contributed by atoms with van der Waals surface area (Å²) in [5.41, 5.74) is 7.01. The van der Waals surface area contributed by atoms with Crippen LogP contribution in [0, 0.1) is 11.3 Å². The molecule has 2 saturated carbocycles. The minimum Gasteiger partial charge on any atom is -0.376 e. The summed E-state index contributed by atoms with van der Waals surface area (Å²) in [5, 5.41) is 0. The van der Waals surface area contributed by atoms with Gasteiger partial charge in [-0.1, -0.05) is 25.7 Å². The molecule has 3 heteroatoms. The van der Waals surface area contributed by atoms with Crippen LogP contribution in [0.1, 0.15) is 44.9 Å². The number of ether oxygens (including phenoxy) is 1. The normalized spacial score (nSPS) is 47.2. The molecule has 0 radical (unpaired) electrons. The maximum absolute atomic E-state index is 6.35. The second-order valence-electron chi connectivity index (χ2n) is 7.18. The topological polar surface area (TPSA) is 38.5 Å². The zero-order valence-corrected chi connectivity index (χ0v) is 11.3. The van der Waals surface area contributed by atoms with Gasteiger partial charge in [0.1, 0.15) is 0 Å². The van der Waals surface area contributed by atoms with E-state index in [1.165, 1.54) is 58.0 Å². The summed E-state index contributed by atoms with van der Waals surface area (Å²) in [6, 6.07) is 0.937. The van der Waals surface area contributed by atoms with Crippen LogP contribution >= 0.6 is 0 Å². The molecule has 0 aromatic rings. The predicted octanol–water partition coefficient (Wildman–Crippen LogP) is 1.76. The van der Waals surface area contributed by atoms with Crippen LogP contribution in [0.5, 0.6) is 0 Å². The number of hydrogen-bond acceptors (Lipinski definition) is 3. The molecule has 0 amide bonds. The van der Waals surface area contributed by atoms with Gasteiger partial charge in [-0.2, -0.15) is 0 Å². The van der Waals surface area contributed by atoms with Gasteiger partial charge in [-0.15, -0.1) is 0 Å². The number of likely N-dealkylation sites (tertiary alicyclic amines) is 1. The number of hydrogen-bond donors (Lipinski definition) is 1. The third-order valence-corrected chi connectivity index (χ3v) is 6.07. The highest BCUT2D eigenvalue weighted by molar-refractivity contribution is 5.13. The second-order valence-corrected chi connectivity index (χ2v) is 7.18. The molecule has 0 aromatic heterocycles. The fourth-order valence-electron chi connectivity index (χ4n) is 4.99. The number of fused-ring (bicyclic) bond motifs is 1. The predicted molar refractivity (Wildman–Crippen MR) is 71.3 cm³/mol. The Bertz CT molecular complexity index is 316. The molecule has 4 aliphatic rings. The molecule has 2 N–H and O–H groups in total. The van der Waals surface area contributed by atoms with E-state index in [2.05, 4.69) is 4.90 Å². The highest BCUT2D eigenvalue weighted by Crippen LogP contribution is 2.49. The molecule has 3 nitrogen and oxygen atoms in total. The van der Waals surface area contributed by atoms with E-state index in [4.69, 9.17) is 10.5 Å². The highest BCUT2D eigenvalue weighted by Gasteiger charge is 2.58. The first-order valence-electron chi connectivity index (χ1n) is 7.90. The van der Waals surface area contributed by atoms with Crippen LogP contribution in [0.3, 0.4) is 0 Å². The summed E-state index contributed by atoms with van der Waals surface area (Å²) >= 11 is 0. The van der Waals surface area contributed by atoms with E-state index >= 15 is 0 Å². The molecule has 2 aliphatic carbocycles. The lowest BCUT2D eigenvalue weighted by atomic mass is 9.66. The molecule has 0 bridgehead atoms. The Kier molecular flexibility index (Phi) is 2.72. The van der Waals surface area contributed by atoms with Crippen molar-refractivity contribution in [3.63, 3.8) is 0 Å². The van der Waals surface area contributed by atoms with Crippen LogP contribution in [0.15, 0.2) is 0 Å². The molecular weight excluding hydrogens is 224 g/mol. The van der Waals surface area contributed by atoms with Gasteiger partial charge in [0.05, 0.1) is 12.1 Å². The van der Waals surface area contributed by atoms with Crippen LogP contribution in [0.4, 0.5) is 0 Å². The quantitative estimate of drug-likeness (QED) is 0.770. The smallest absolute Gasteiger partial charge is 0.0789 e. The van der Waals surface area contributed by atoms with Gasteiger partial charge in [0.2, 0.25) is 0 Å². The monoisotopic (exact) mass is 250 g/mol. The lowest BCUT2D eigenvalue weighted by Gasteiger charge is -2.60. The molecule has 0 aromatic carbocycles. The van der Waals surface area contributed by atoms with Crippen molar-refractivity contribution in [1.29, 1.82) is 0 Å². The molecule has 4 unspecified atom stereocenters. The highest BCUT2D eigenvalue weighted by atomic mass is 16.5. The van der Waals surface area contributed by atoms with Crippen LogP contribution < -0.4 is 5.73 Å². The fraction of sp³-hybridized carbons (Fsp3) is 1.00. The zero-order valence-electron chi connectivity index (χ0n) is 11.3. The first kappa shape index (κ1) is 11.7. The molecular formula is C15H26N2O. The zero-order chi connectivity index (χ0) is 12.2. The van der Waals surface area contributed by atoms with E-state index in [9.17, 15) is 0 Å². The van der Waals surface area contributed by atoms with Gasteiger partial charge in [-0.05, 0) is 24.7 Å². The Balaban J connectivity index is 1.38. The summed E-state index contributed by atoms with van der Waals surface area (Å²) in [6.45, 7) is 3.55. The molecule has 4 rings (SSSR count).